The first-order valence-electron chi connectivity index (χ1n) is 11.7. The van der Waals surface area contributed by atoms with E-state index in [1.54, 1.807) is 6.21 Å². The van der Waals surface area contributed by atoms with Crippen LogP contribution in [0, 0.1) is 0 Å². The van der Waals surface area contributed by atoms with Gasteiger partial charge in [-0.1, -0.05) is 67.3 Å². The van der Waals surface area contributed by atoms with E-state index in [2.05, 4.69) is 5.10 Å². The minimum Gasteiger partial charge on any atom is -0.488 e. The second-order valence-corrected chi connectivity index (χ2v) is 9.07. The molecule has 0 N–H and O–H groups in total. The van der Waals surface area contributed by atoms with E-state index in [1.807, 2.05) is 72.8 Å². The van der Waals surface area contributed by atoms with E-state index in [0.717, 1.165) is 48.2 Å². The molecule has 6 heteroatoms. The number of para-hydroxylation sites is 2. The van der Waals surface area contributed by atoms with Crippen molar-refractivity contribution in [3.8, 4) is 5.75 Å². The van der Waals surface area contributed by atoms with E-state index in [0.29, 0.717) is 22.8 Å². The third kappa shape index (κ3) is 4.90. The summed E-state index contributed by atoms with van der Waals surface area (Å²) < 4.78 is 7.56. The topological polar surface area (TPSA) is 56.5 Å². The van der Waals surface area contributed by atoms with Gasteiger partial charge in [-0.2, -0.15) is 9.78 Å². The fourth-order valence-corrected chi connectivity index (χ4v) is 4.58. The van der Waals surface area contributed by atoms with Crippen LogP contribution in [0.3, 0.4) is 0 Å². The van der Waals surface area contributed by atoms with E-state index < -0.39 is 0 Å². The largest absolute Gasteiger partial charge is 0.488 e. The summed E-state index contributed by atoms with van der Waals surface area (Å²) in [7, 11) is 0. The van der Waals surface area contributed by atoms with Gasteiger partial charge in [0.2, 0.25) is 0 Å². The van der Waals surface area contributed by atoms with Gasteiger partial charge in [0.25, 0.3) is 5.56 Å². The Morgan fingerprint density at radius 2 is 1.71 bits per heavy atom. The number of hydrogen-bond donors (Lipinski definition) is 0. The fraction of sp³-hybridized carbons (Fsp3) is 0.250. The standard InChI is InChI=1S/C28H26ClN3O2/c29-23-16-14-20(15-17-23)19-34-26-13-7-4-10-22(26)18-30-32-27(21-8-2-1-3-9-21)31-25-12-6-5-11-24(25)28(32)33/h4-7,10-18,21H,1-3,8-9,19H2. The van der Waals surface area contributed by atoms with Gasteiger partial charge in [0.05, 0.1) is 17.1 Å². The molecule has 5 nitrogen and oxygen atoms in total. The summed E-state index contributed by atoms with van der Waals surface area (Å²) in [6, 6.07) is 22.8. The molecule has 1 aliphatic carbocycles. The number of ether oxygens (including phenoxy) is 1. The highest BCUT2D eigenvalue weighted by atomic mass is 35.5. The summed E-state index contributed by atoms with van der Waals surface area (Å²) >= 11 is 5.98. The van der Waals surface area contributed by atoms with Crippen LogP contribution < -0.4 is 10.3 Å². The first kappa shape index (κ1) is 22.4. The third-order valence-electron chi connectivity index (χ3n) is 6.29. The van der Waals surface area contributed by atoms with Gasteiger partial charge in [-0.25, -0.2) is 4.98 Å². The van der Waals surface area contributed by atoms with Gasteiger partial charge in [0.1, 0.15) is 18.2 Å². The minimum atomic E-state index is -0.137. The lowest BCUT2D eigenvalue weighted by atomic mass is 9.88. The van der Waals surface area contributed by atoms with Crippen molar-refractivity contribution in [3.63, 3.8) is 0 Å². The van der Waals surface area contributed by atoms with Crippen molar-refractivity contribution >= 4 is 28.7 Å². The van der Waals surface area contributed by atoms with Crippen LogP contribution in [0.25, 0.3) is 10.9 Å². The molecule has 0 radical (unpaired) electrons. The van der Waals surface area contributed by atoms with Gasteiger partial charge in [0.15, 0.2) is 0 Å². The molecule has 0 unspecified atom stereocenters. The maximum Gasteiger partial charge on any atom is 0.282 e. The van der Waals surface area contributed by atoms with Crippen molar-refractivity contribution in [2.45, 2.75) is 44.6 Å². The van der Waals surface area contributed by atoms with Crippen molar-refractivity contribution in [1.29, 1.82) is 0 Å². The molecular weight excluding hydrogens is 446 g/mol. The second-order valence-electron chi connectivity index (χ2n) is 8.64. The highest BCUT2D eigenvalue weighted by Gasteiger charge is 2.22. The number of aromatic nitrogens is 2. The Labute approximate surface area is 203 Å². The Hall–Kier alpha value is -3.44. The lowest BCUT2D eigenvalue weighted by molar-refractivity contribution is 0.306. The molecular formula is C28H26ClN3O2. The summed E-state index contributed by atoms with van der Waals surface area (Å²) in [5, 5.41) is 5.92. The number of fused-ring (bicyclic) bond motifs is 1. The number of rotatable bonds is 6. The lowest BCUT2D eigenvalue weighted by Gasteiger charge is -2.22. The van der Waals surface area contributed by atoms with Crippen LogP contribution >= 0.6 is 11.6 Å². The van der Waals surface area contributed by atoms with Crippen LogP contribution in [-0.4, -0.2) is 15.9 Å². The van der Waals surface area contributed by atoms with E-state index in [4.69, 9.17) is 21.3 Å². The van der Waals surface area contributed by atoms with Crippen molar-refractivity contribution in [1.82, 2.24) is 9.66 Å². The maximum absolute atomic E-state index is 13.4. The molecule has 34 heavy (non-hydrogen) atoms. The number of nitrogens with zero attached hydrogens (tertiary/aromatic N) is 3. The first-order chi connectivity index (χ1) is 16.7. The van der Waals surface area contributed by atoms with E-state index >= 15 is 0 Å². The molecule has 1 fully saturated rings. The monoisotopic (exact) mass is 471 g/mol. The molecule has 4 aromatic rings. The second kappa shape index (κ2) is 10.2. The molecule has 1 aromatic heterocycles. The van der Waals surface area contributed by atoms with Crippen LogP contribution in [0.1, 0.15) is 55.0 Å². The van der Waals surface area contributed by atoms with Crippen LogP contribution in [0.5, 0.6) is 5.75 Å². The highest BCUT2D eigenvalue weighted by Crippen LogP contribution is 2.31. The SMILES string of the molecule is O=c1c2ccccc2nc(C2CCCCC2)n1N=Cc1ccccc1OCc1ccc(Cl)cc1. The van der Waals surface area contributed by atoms with Crippen LogP contribution in [0.4, 0.5) is 0 Å². The molecule has 1 saturated carbocycles. The number of halogens is 1. The van der Waals surface area contributed by atoms with Crippen molar-refractivity contribution in [3.05, 3.63) is 105 Å². The third-order valence-corrected chi connectivity index (χ3v) is 6.54. The Bertz CT molecular complexity index is 1370. The van der Waals surface area contributed by atoms with Crippen molar-refractivity contribution in [2.24, 2.45) is 5.10 Å². The van der Waals surface area contributed by atoms with Crippen LogP contribution in [0.2, 0.25) is 5.02 Å². The average Bonchev–Trinajstić information content (AvgIpc) is 2.89. The molecule has 1 heterocycles. The predicted octanol–water partition coefficient (Wildman–Crippen LogP) is 6.56. The van der Waals surface area contributed by atoms with Gasteiger partial charge >= 0.3 is 0 Å². The molecule has 0 saturated heterocycles. The van der Waals surface area contributed by atoms with Gasteiger partial charge in [0, 0.05) is 16.5 Å². The van der Waals surface area contributed by atoms with E-state index in [-0.39, 0.29) is 11.5 Å². The maximum atomic E-state index is 13.4. The normalized spacial score (nSPS) is 14.6. The van der Waals surface area contributed by atoms with Gasteiger partial charge in [-0.05, 0) is 54.8 Å². The summed E-state index contributed by atoms with van der Waals surface area (Å²) in [5.74, 6) is 1.68. The van der Waals surface area contributed by atoms with E-state index in [1.165, 1.54) is 11.1 Å². The Morgan fingerprint density at radius 1 is 0.971 bits per heavy atom. The molecule has 3 aromatic carbocycles. The molecule has 0 spiro atoms. The highest BCUT2D eigenvalue weighted by molar-refractivity contribution is 6.30. The zero-order valence-electron chi connectivity index (χ0n) is 18.9. The summed E-state index contributed by atoms with van der Waals surface area (Å²) in [6.07, 6.45) is 7.29. The van der Waals surface area contributed by atoms with Gasteiger partial charge in [-0.3, -0.25) is 4.79 Å². The van der Waals surface area contributed by atoms with Crippen molar-refractivity contribution < 1.29 is 4.74 Å². The molecule has 172 valence electrons. The zero-order valence-corrected chi connectivity index (χ0v) is 19.6. The zero-order chi connectivity index (χ0) is 23.3. The van der Waals surface area contributed by atoms with E-state index in [9.17, 15) is 4.79 Å². The minimum absolute atomic E-state index is 0.137. The summed E-state index contributed by atoms with van der Waals surface area (Å²) in [6.45, 7) is 0.410. The smallest absolute Gasteiger partial charge is 0.282 e. The Kier molecular flexibility index (Phi) is 6.72. The number of hydrogen-bond acceptors (Lipinski definition) is 4. The lowest BCUT2D eigenvalue weighted by Crippen LogP contribution is -2.25. The van der Waals surface area contributed by atoms with Gasteiger partial charge in [-0.15, -0.1) is 0 Å². The quantitative estimate of drug-likeness (QED) is 0.299. The Balaban J connectivity index is 1.49. The molecule has 5 rings (SSSR count). The first-order valence-corrected chi connectivity index (χ1v) is 12.1. The molecule has 0 atom stereocenters. The van der Waals surface area contributed by atoms with Crippen LogP contribution in [-0.2, 0) is 6.61 Å². The number of benzene rings is 3. The molecule has 0 bridgehead atoms. The Morgan fingerprint density at radius 3 is 2.53 bits per heavy atom. The van der Waals surface area contributed by atoms with Crippen molar-refractivity contribution in [2.75, 3.05) is 0 Å². The van der Waals surface area contributed by atoms with Gasteiger partial charge < -0.3 is 4.74 Å². The molecule has 0 amide bonds. The molecule has 1 aliphatic rings. The average molecular weight is 472 g/mol. The summed E-state index contributed by atoms with van der Waals surface area (Å²) in [5.41, 5.74) is 2.41. The summed E-state index contributed by atoms with van der Waals surface area (Å²) in [4.78, 5) is 18.3. The molecule has 0 aliphatic heterocycles. The van der Waals surface area contributed by atoms with Crippen LogP contribution in [0.15, 0.2) is 82.7 Å². The fourth-order valence-electron chi connectivity index (χ4n) is 4.46. The predicted molar refractivity (Wildman–Crippen MR) is 137 cm³/mol.